The van der Waals surface area contributed by atoms with E-state index in [-0.39, 0.29) is 0 Å². The predicted molar refractivity (Wildman–Crippen MR) is 53.1 cm³/mol. The summed E-state index contributed by atoms with van der Waals surface area (Å²) in [5.41, 5.74) is 0. The van der Waals surface area contributed by atoms with Crippen LogP contribution in [0.3, 0.4) is 0 Å². The Labute approximate surface area is 71.2 Å². The number of aryl methyl sites for hydroxylation is 1. The Morgan fingerprint density at radius 3 is 2.82 bits per heavy atom. The molecule has 0 spiro atoms. The van der Waals surface area contributed by atoms with Crippen LogP contribution >= 0.6 is 11.3 Å². The fourth-order valence-electron chi connectivity index (χ4n) is 1.01. The Morgan fingerprint density at radius 1 is 1.55 bits per heavy atom. The van der Waals surface area contributed by atoms with Crippen LogP contribution in [0.5, 0.6) is 0 Å². The van der Waals surface area contributed by atoms with Crippen LogP contribution in [-0.4, -0.2) is 0 Å². The van der Waals surface area contributed by atoms with Crippen LogP contribution in [0, 0.1) is 6.92 Å². The standard InChI is InChI=1S/C10H12S/c1-4-6-10-9(5-2)7-8(3)11-10/h4-7H,1H2,2-3H3/b9-5-,10-6+. The van der Waals surface area contributed by atoms with E-state index in [0.29, 0.717) is 0 Å². The van der Waals surface area contributed by atoms with Crippen LogP contribution in [-0.2, 0) is 0 Å². The summed E-state index contributed by atoms with van der Waals surface area (Å²) in [4.78, 5) is 1.35. The van der Waals surface area contributed by atoms with E-state index in [1.807, 2.05) is 12.2 Å². The van der Waals surface area contributed by atoms with E-state index in [4.69, 9.17) is 0 Å². The molecule has 0 aliphatic heterocycles. The van der Waals surface area contributed by atoms with Crippen LogP contribution in [0.2, 0.25) is 0 Å². The average Bonchev–Trinajstić information content (AvgIpc) is 2.32. The topological polar surface area (TPSA) is 0 Å². The van der Waals surface area contributed by atoms with Gasteiger partial charge in [-0.05, 0) is 31.2 Å². The summed E-state index contributed by atoms with van der Waals surface area (Å²) in [6, 6.07) is 2.19. The summed E-state index contributed by atoms with van der Waals surface area (Å²) < 4.78 is 1.31. The van der Waals surface area contributed by atoms with Crippen LogP contribution in [0.15, 0.2) is 18.7 Å². The fourth-order valence-corrected chi connectivity index (χ4v) is 2.01. The number of hydrogen-bond acceptors (Lipinski definition) is 1. The number of allylic oxidation sites excluding steroid dienone is 1. The van der Waals surface area contributed by atoms with Crippen molar-refractivity contribution in [1.29, 1.82) is 0 Å². The van der Waals surface area contributed by atoms with E-state index in [1.165, 1.54) is 14.6 Å². The molecule has 0 nitrogen and oxygen atoms in total. The molecule has 0 fully saturated rings. The summed E-state index contributed by atoms with van der Waals surface area (Å²) in [6.07, 6.45) is 6.00. The lowest BCUT2D eigenvalue weighted by atomic mass is 10.3. The zero-order valence-electron chi connectivity index (χ0n) is 6.92. The van der Waals surface area contributed by atoms with Crippen LogP contribution in [0.4, 0.5) is 0 Å². The molecule has 0 saturated heterocycles. The molecule has 0 N–H and O–H groups in total. The van der Waals surface area contributed by atoms with Gasteiger partial charge in [0.2, 0.25) is 0 Å². The largest absolute Gasteiger partial charge is 0.141 e. The smallest absolute Gasteiger partial charge is 0.0342 e. The molecule has 58 valence electrons. The van der Waals surface area contributed by atoms with Gasteiger partial charge < -0.3 is 0 Å². The summed E-state index contributed by atoms with van der Waals surface area (Å²) in [7, 11) is 0. The van der Waals surface area contributed by atoms with Gasteiger partial charge in [0.15, 0.2) is 0 Å². The minimum absolute atomic E-state index is 1.31. The summed E-state index contributed by atoms with van der Waals surface area (Å²) in [5.74, 6) is 0. The molecule has 1 aromatic rings. The lowest BCUT2D eigenvalue weighted by Crippen LogP contribution is -2.15. The van der Waals surface area contributed by atoms with Gasteiger partial charge in [-0.1, -0.05) is 18.7 Å². The van der Waals surface area contributed by atoms with Crippen molar-refractivity contribution in [3.63, 3.8) is 0 Å². The first kappa shape index (κ1) is 8.28. The van der Waals surface area contributed by atoms with E-state index in [2.05, 4.69) is 32.6 Å². The number of rotatable bonds is 1. The van der Waals surface area contributed by atoms with Gasteiger partial charge in [0.25, 0.3) is 0 Å². The maximum Gasteiger partial charge on any atom is 0.0342 e. The normalized spacial score (nSPS) is 14.0. The molecule has 0 atom stereocenters. The predicted octanol–water partition coefficient (Wildman–Crippen LogP) is 1.82. The van der Waals surface area contributed by atoms with Gasteiger partial charge in [-0.25, -0.2) is 0 Å². The lowest BCUT2D eigenvalue weighted by Gasteiger charge is -1.72. The molecule has 0 saturated carbocycles. The molecule has 1 heterocycles. The van der Waals surface area contributed by atoms with Gasteiger partial charge in [0.1, 0.15) is 0 Å². The highest BCUT2D eigenvalue weighted by Crippen LogP contribution is 1.94. The van der Waals surface area contributed by atoms with E-state index in [1.54, 1.807) is 11.3 Å². The minimum atomic E-state index is 1.31. The fraction of sp³-hybridized carbons (Fsp3) is 0.200. The molecule has 0 bridgehead atoms. The molecule has 1 heteroatoms. The van der Waals surface area contributed by atoms with Gasteiger partial charge in [-0.15, -0.1) is 11.3 Å². The molecular formula is C10H12S. The summed E-state index contributed by atoms with van der Waals surface area (Å²) in [5, 5.41) is 1.31. The van der Waals surface area contributed by atoms with Crippen molar-refractivity contribution in [2.45, 2.75) is 13.8 Å². The highest BCUT2D eigenvalue weighted by atomic mass is 32.1. The van der Waals surface area contributed by atoms with Crippen molar-refractivity contribution in [2.24, 2.45) is 0 Å². The number of thiophene rings is 1. The Morgan fingerprint density at radius 2 is 2.27 bits per heavy atom. The first-order chi connectivity index (χ1) is 5.27. The Balaban J connectivity index is 3.47. The van der Waals surface area contributed by atoms with Crippen molar-refractivity contribution in [1.82, 2.24) is 0 Å². The van der Waals surface area contributed by atoms with Crippen LogP contribution < -0.4 is 9.75 Å². The van der Waals surface area contributed by atoms with E-state index in [0.717, 1.165) is 0 Å². The van der Waals surface area contributed by atoms with Crippen LogP contribution in [0.25, 0.3) is 12.2 Å². The maximum atomic E-state index is 3.68. The third-order valence-corrected chi connectivity index (χ3v) is 2.53. The zero-order valence-corrected chi connectivity index (χ0v) is 7.74. The summed E-state index contributed by atoms with van der Waals surface area (Å²) >= 11 is 1.81. The van der Waals surface area contributed by atoms with Crippen molar-refractivity contribution in [3.05, 3.63) is 33.3 Å². The molecule has 0 unspecified atom stereocenters. The molecule has 1 aromatic heterocycles. The Hall–Kier alpha value is -0.820. The molecule has 0 amide bonds. The lowest BCUT2D eigenvalue weighted by molar-refractivity contribution is 1.58. The molecule has 0 radical (unpaired) electrons. The van der Waals surface area contributed by atoms with E-state index in [9.17, 15) is 0 Å². The van der Waals surface area contributed by atoms with Crippen LogP contribution in [0.1, 0.15) is 11.8 Å². The second-order valence-corrected chi connectivity index (χ2v) is 3.66. The third kappa shape index (κ3) is 1.81. The highest BCUT2D eigenvalue weighted by Gasteiger charge is 1.88. The molecule has 1 rings (SSSR count). The maximum absolute atomic E-state index is 3.68. The van der Waals surface area contributed by atoms with E-state index >= 15 is 0 Å². The first-order valence-corrected chi connectivity index (χ1v) is 4.45. The van der Waals surface area contributed by atoms with Gasteiger partial charge in [0, 0.05) is 9.41 Å². The van der Waals surface area contributed by atoms with E-state index < -0.39 is 0 Å². The highest BCUT2D eigenvalue weighted by molar-refractivity contribution is 7.09. The van der Waals surface area contributed by atoms with Crippen molar-refractivity contribution >= 4 is 23.5 Å². The number of hydrogen-bond donors (Lipinski definition) is 0. The average molecular weight is 164 g/mol. The molecule has 0 aliphatic carbocycles. The second kappa shape index (κ2) is 3.54. The van der Waals surface area contributed by atoms with Crippen molar-refractivity contribution in [3.8, 4) is 0 Å². The quantitative estimate of drug-likeness (QED) is 0.594. The van der Waals surface area contributed by atoms with Gasteiger partial charge in [-0.2, -0.15) is 0 Å². The van der Waals surface area contributed by atoms with Crippen molar-refractivity contribution in [2.75, 3.05) is 0 Å². The second-order valence-electron chi connectivity index (χ2n) is 2.37. The first-order valence-electron chi connectivity index (χ1n) is 3.63. The third-order valence-electron chi connectivity index (χ3n) is 1.49. The minimum Gasteiger partial charge on any atom is -0.141 e. The Kier molecular flexibility index (Phi) is 2.66. The Bertz CT molecular complexity index is 355. The molecule has 11 heavy (non-hydrogen) atoms. The van der Waals surface area contributed by atoms with Gasteiger partial charge >= 0.3 is 0 Å². The molecule has 0 aliphatic rings. The molecular weight excluding hydrogens is 152 g/mol. The van der Waals surface area contributed by atoms with Gasteiger partial charge in [-0.3, -0.25) is 0 Å². The molecule has 0 aromatic carbocycles. The summed E-state index contributed by atoms with van der Waals surface area (Å²) in [6.45, 7) is 7.86. The SMILES string of the molecule is C=C/C=c1/sc(C)c/c1=C/C. The monoisotopic (exact) mass is 164 g/mol. The zero-order chi connectivity index (χ0) is 8.27. The van der Waals surface area contributed by atoms with Crippen molar-refractivity contribution < 1.29 is 0 Å². The van der Waals surface area contributed by atoms with Gasteiger partial charge in [0.05, 0.1) is 0 Å².